The van der Waals surface area contributed by atoms with Crippen LogP contribution in [-0.2, 0) is 0 Å². The molecule has 0 aromatic carbocycles. The van der Waals surface area contributed by atoms with Crippen molar-refractivity contribution in [3.8, 4) is 6.07 Å². The maximum atomic E-state index is 8.81. The second-order valence-corrected chi connectivity index (χ2v) is 4.48. The molecule has 0 bridgehead atoms. The van der Waals surface area contributed by atoms with E-state index in [2.05, 4.69) is 27.9 Å². The second-order valence-electron chi connectivity index (χ2n) is 4.48. The van der Waals surface area contributed by atoms with Crippen LogP contribution in [0.3, 0.4) is 0 Å². The van der Waals surface area contributed by atoms with Gasteiger partial charge < -0.3 is 9.80 Å². The number of hydrogen-bond donors (Lipinski definition) is 0. The molecule has 2 heterocycles. The summed E-state index contributed by atoms with van der Waals surface area (Å²) in [6.07, 6.45) is 4.36. The van der Waals surface area contributed by atoms with E-state index in [1.807, 2.05) is 12.1 Å². The Morgan fingerprint density at radius 2 is 2.24 bits per heavy atom. The summed E-state index contributed by atoms with van der Waals surface area (Å²) in [4.78, 5) is 8.65. The van der Waals surface area contributed by atoms with Gasteiger partial charge in [0.25, 0.3) is 0 Å². The molecule has 0 spiro atoms. The minimum atomic E-state index is 0.482. The largest absolute Gasteiger partial charge is 0.373 e. The molecule has 1 fully saturated rings. The lowest BCUT2D eigenvalue weighted by Crippen LogP contribution is -2.31. The van der Waals surface area contributed by atoms with Crippen LogP contribution < -0.4 is 4.90 Å². The van der Waals surface area contributed by atoms with Crippen molar-refractivity contribution in [2.24, 2.45) is 0 Å². The number of pyridine rings is 1. The third-order valence-electron chi connectivity index (χ3n) is 3.25. The van der Waals surface area contributed by atoms with Gasteiger partial charge in [-0.05, 0) is 38.1 Å². The zero-order valence-electron chi connectivity index (χ0n) is 10.3. The minimum absolute atomic E-state index is 0.482. The van der Waals surface area contributed by atoms with E-state index in [1.54, 1.807) is 6.20 Å². The summed E-state index contributed by atoms with van der Waals surface area (Å²) >= 11 is 0. The quantitative estimate of drug-likeness (QED) is 0.786. The van der Waals surface area contributed by atoms with Crippen molar-refractivity contribution >= 4 is 5.69 Å². The number of rotatable bonds is 4. The van der Waals surface area contributed by atoms with Gasteiger partial charge >= 0.3 is 0 Å². The number of aromatic nitrogens is 1. The standard InChI is InChI=1S/C13H18N4/c1-16(8-9-17-6-2-3-7-17)13-4-5-15-12(10-13)11-14/h4-5,10H,2-3,6-9H2,1H3. The molecule has 0 unspecified atom stereocenters. The monoisotopic (exact) mass is 230 g/mol. The highest BCUT2D eigenvalue weighted by molar-refractivity contribution is 5.47. The van der Waals surface area contributed by atoms with Gasteiger partial charge in [-0.1, -0.05) is 0 Å². The predicted octanol–water partition coefficient (Wildman–Crippen LogP) is 1.49. The first kappa shape index (κ1) is 11.9. The second kappa shape index (κ2) is 5.65. The van der Waals surface area contributed by atoms with E-state index in [0.29, 0.717) is 5.69 Å². The maximum Gasteiger partial charge on any atom is 0.142 e. The van der Waals surface area contributed by atoms with E-state index < -0.39 is 0 Å². The van der Waals surface area contributed by atoms with Crippen molar-refractivity contribution in [2.75, 3.05) is 38.1 Å². The molecule has 4 nitrogen and oxygen atoms in total. The zero-order valence-corrected chi connectivity index (χ0v) is 10.3. The molecule has 0 aliphatic carbocycles. The Morgan fingerprint density at radius 1 is 1.47 bits per heavy atom. The van der Waals surface area contributed by atoms with Crippen molar-refractivity contribution in [1.82, 2.24) is 9.88 Å². The van der Waals surface area contributed by atoms with Crippen LogP contribution in [0.4, 0.5) is 5.69 Å². The molecular weight excluding hydrogens is 212 g/mol. The van der Waals surface area contributed by atoms with Crippen molar-refractivity contribution in [3.05, 3.63) is 24.0 Å². The topological polar surface area (TPSA) is 43.2 Å². The Morgan fingerprint density at radius 3 is 2.94 bits per heavy atom. The average molecular weight is 230 g/mol. The fourth-order valence-electron chi connectivity index (χ4n) is 2.14. The molecule has 0 saturated carbocycles. The molecule has 2 rings (SSSR count). The van der Waals surface area contributed by atoms with Crippen molar-refractivity contribution in [2.45, 2.75) is 12.8 Å². The first-order valence-corrected chi connectivity index (χ1v) is 6.09. The van der Waals surface area contributed by atoms with E-state index in [4.69, 9.17) is 5.26 Å². The Labute approximate surface area is 102 Å². The molecular formula is C13H18N4. The summed E-state index contributed by atoms with van der Waals surface area (Å²) in [5.74, 6) is 0. The number of hydrogen-bond acceptors (Lipinski definition) is 4. The summed E-state index contributed by atoms with van der Waals surface area (Å²) in [7, 11) is 2.06. The van der Waals surface area contributed by atoms with Crippen LogP contribution in [0.25, 0.3) is 0 Å². The van der Waals surface area contributed by atoms with Gasteiger partial charge in [-0.15, -0.1) is 0 Å². The van der Waals surface area contributed by atoms with Crippen LogP contribution in [0, 0.1) is 11.3 Å². The summed E-state index contributed by atoms with van der Waals surface area (Å²) in [6, 6.07) is 5.86. The van der Waals surface area contributed by atoms with E-state index in [0.717, 1.165) is 18.8 Å². The van der Waals surface area contributed by atoms with E-state index in [9.17, 15) is 0 Å². The molecule has 1 aliphatic rings. The van der Waals surface area contributed by atoms with Gasteiger partial charge in [0.1, 0.15) is 11.8 Å². The number of nitrogens with zero attached hydrogens (tertiary/aromatic N) is 4. The van der Waals surface area contributed by atoms with Gasteiger partial charge in [-0.3, -0.25) is 0 Å². The molecule has 17 heavy (non-hydrogen) atoms. The van der Waals surface area contributed by atoms with Gasteiger partial charge in [0, 0.05) is 32.0 Å². The van der Waals surface area contributed by atoms with E-state index in [1.165, 1.54) is 25.9 Å². The lowest BCUT2D eigenvalue weighted by Gasteiger charge is -2.23. The van der Waals surface area contributed by atoms with E-state index in [-0.39, 0.29) is 0 Å². The van der Waals surface area contributed by atoms with Crippen LogP contribution in [0.15, 0.2) is 18.3 Å². The number of anilines is 1. The maximum absolute atomic E-state index is 8.81. The Kier molecular flexibility index (Phi) is 3.94. The van der Waals surface area contributed by atoms with Crippen LogP contribution in [-0.4, -0.2) is 43.1 Å². The molecule has 4 heteroatoms. The molecule has 1 aromatic heterocycles. The normalized spacial score (nSPS) is 15.8. The highest BCUT2D eigenvalue weighted by Crippen LogP contribution is 2.13. The Hall–Kier alpha value is -1.60. The highest BCUT2D eigenvalue weighted by Gasteiger charge is 2.12. The molecule has 1 aliphatic heterocycles. The summed E-state index contributed by atoms with van der Waals surface area (Å²) in [6.45, 7) is 4.55. The minimum Gasteiger partial charge on any atom is -0.373 e. The summed E-state index contributed by atoms with van der Waals surface area (Å²) in [5, 5.41) is 8.81. The third kappa shape index (κ3) is 3.18. The van der Waals surface area contributed by atoms with Crippen LogP contribution in [0.2, 0.25) is 0 Å². The van der Waals surface area contributed by atoms with Gasteiger partial charge in [0.15, 0.2) is 0 Å². The molecule has 0 radical (unpaired) electrons. The van der Waals surface area contributed by atoms with Gasteiger partial charge in [-0.2, -0.15) is 5.26 Å². The third-order valence-corrected chi connectivity index (χ3v) is 3.25. The van der Waals surface area contributed by atoms with Crippen LogP contribution in [0.1, 0.15) is 18.5 Å². The van der Waals surface area contributed by atoms with Crippen LogP contribution >= 0.6 is 0 Å². The van der Waals surface area contributed by atoms with Crippen molar-refractivity contribution in [3.63, 3.8) is 0 Å². The fourth-order valence-corrected chi connectivity index (χ4v) is 2.14. The number of nitriles is 1. The molecule has 1 aromatic rings. The zero-order chi connectivity index (χ0) is 12.1. The summed E-state index contributed by atoms with van der Waals surface area (Å²) < 4.78 is 0. The van der Waals surface area contributed by atoms with Crippen molar-refractivity contribution < 1.29 is 0 Å². The van der Waals surface area contributed by atoms with Crippen LogP contribution in [0.5, 0.6) is 0 Å². The van der Waals surface area contributed by atoms with Gasteiger partial charge in [0.2, 0.25) is 0 Å². The summed E-state index contributed by atoms with van der Waals surface area (Å²) in [5.41, 5.74) is 1.55. The molecule has 0 N–H and O–H groups in total. The lowest BCUT2D eigenvalue weighted by atomic mass is 10.3. The number of likely N-dealkylation sites (tertiary alicyclic amines) is 1. The Bertz CT molecular complexity index is 404. The first-order chi connectivity index (χ1) is 8.29. The first-order valence-electron chi connectivity index (χ1n) is 6.09. The smallest absolute Gasteiger partial charge is 0.142 e. The van der Waals surface area contributed by atoms with Gasteiger partial charge in [0.05, 0.1) is 0 Å². The average Bonchev–Trinajstić information content (AvgIpc) is 2.89. The molecule has 90 valence electrons. The Balaban J connectivity index is 1.89. The molecule has 0 atom stereocenters. The number of likely N-dealkylation sites (N-methyl/N-ethyl adjacent to an activating group) is 1. The highest BCUT2D eigenvalue weighted by atomic mass is 15.2. The SMILES string of the molecule is CN(CCN1CCCC1)c1ccnc(C#N)c1. The molecule has 0 amide bonds. The van der Waals surface area contributed by atoms with E-state index >= 15 is 0 Å². The lowest BCUT2D eigenvalue weighted by molar-refractivity contribution is 0.346. The van der Waals surface area contributed by atoms with Crippen molar-refractivity contribution in [1.29, 1.82) is 5.26 Å². The molecule has 1 saturated heterocycles. The predicted molar refractivity (Wildman–Crippen MR) is 67.9 cm³/mol. The fraction of sp³-hybridized carbons (Fsp3) is 0.538. The van der Waals surface area contributed by atoms with Gasteiger partial charge in [-0.25, -0.2) is 4.98 Å².